The van der Waals surface area contributed by atoms with Crippen LogP contribution in [0.25, 0.3) is 22.8 Å². The van der Waals surface area contributed by atoms with Gasteiger partial charge in [0.25, 0.3) is 11.8 Å². The van der Waals surface area contributed by atoms with Crippen molar-refractivity contribution in [2.75, 3.05) is 19.5 Å². The molecule has 0 fully saturated rings. The Morgan fingerprint density at radius 1 is 0.968 bits per heavy atom. The highest BCUT2D eigenvalue weighted by Gasteiger charge is 2.14. The maximum absolute atomic E-state index is 13.4. The molecule has 3 aromatic carbocycles. The Kier molecular flexibility index (Phi) is 5.61. The lowest BCUT2D eigenvalue weighted by Crippen LogP contribution is -2.12. The van der Waals surface area contributed by atoms with E-state index >= 15 is 0 Å². The normalized spacial score (nSPS) is 10.5. The highest BCUT2D eigenvalue weighted by molar-refractivity contribution is 6.05. The average Bonchev–Trinajstić information content (AvgIpc) is 3.30. The van der Waals surface area contributed by atoms with Crippen LogP contribution in [-0.2, 0) is 0 Å². The molecule has 0 aliphatic heterocycles. The van der Waals surface area contributed by atoms with E-state index in [1.165, 1.54) is 19.2 Å². The van der Waals surface area contributed by atoms with Gasteiger partial charge in [0.1, 0.15) is 17.3 Å². The van der Waals surface area contributed by atoms with Crippen molar-refractivity contribution in [1.82, 2.24) is 10.1 Å². The van der Waals surface area contributed by atoms with Crippen molar-refractivity contribution < 1.29 is 23.2 Å². The zero-order chi connectivity index (χ0) is 21.8. The standard InChI is InChI=1S/C23H18FN3O4/c1-29-18-10-11-19(20(13-18)30-2)25-22(28)14-6-8-15(9-7-14)23-26-21(27-31-23)16-4-3-5-17(24)12-16/h3-13H,1-2H3,(H,25,28). The molecule has 0 bridgehead atoms. The van der Waals surface area contributed by atoms with Crippen molar-refractivity contribution in [1.29, 1.82) is 0 Å². The lowest BCUT2D eigenvalue weighted by molar-refractivity contribution is 0.102. The van der Waals surface area contributed by atoms with Gasteiger partial charge in [0, 0.05) is 22.8 Å². The zero-order valence-corrected chi connectivity index (χ0v) is 16.8. The van der Waals surface area contributed by atoms with Gasteiger partial charge in [0.2, 0.25) is 5.82 Å². The van der Waals surface area contributed by atoms with Crippen molar-refractivity contribution in [3.05, 3.63) is 78.1 Å². The van der Waals surface area contributed by atoms with E-state index in [4.69, 9.17) is 14.0 Å². The van der Waals surface area contributed by atoms with Crippen LogP contribution in [-0.4, -0.2) is 30.3 Å². The fraction of sp³-hybridized carbons (Fsp3) is 0.0870. The maximum Gasteiger partial charge on any atom is 0.258 e. The zero-order valence-electron chi connectivity index (χ0n) is 16.8. The highest BCUT2D eigenvalue weighted by Crippen LogP contribution is 2.29. The molecule has 8 heteroatoms. The fourth-order valence-electron chi connectivity index (χ4n) is 2.95. The summed E-state index contributed by atoms with van der Waals surface area (Å²) in [6, 6.07) is 17.7. The second-order valence-electron chi connectivity index (χ2n) is 6.53. The molecule has 4 aromatic rings. The molecule has 0 radical (unpaired) electrons. The Labute approximate surface area is 177 Å². The van der Waals surface area contributed by atoms with Crippen molar-refractivity contribution in [3.8, 4) is 34.3 Å². The highest BCUT2D eigenvalue weighted by atomic mass is 19.1. The molecular weight excluding hydrogens is 401 g/mol. The van der Waals surface area contributed by atoms with Crippen molar-refractivity contribution >= 4 is 11.6 Å². The van der Waals surface area contributed by atoms with E-state index < -0.39 is 0 Å². The van der Waals surface area contributed by atoms with Crippen molar-refractivity contribution in [2.45, 2.75) is 0 Å². The Hall–Kier alpha value is -4.20. The molecule has 156 valence electrons. The minimum Gasteiger partial charge on any atom is -0.497 e. The first kappa shape index (κ1) is 20.1. The van der Waals surface area contributed by atoms with E-state index in [2.05, 4.69) is 15.5 Å². The number of halogens is 1. The summed E-state index contributed by atoms with van der Waals surface area (Å²) in [7, 11) is 3.07. The van der Waals surface area contributed by atoms with Crippen LogP contribution in [0.2, 0.25) is 0 Å². The Bertz CT molecular complexity index is 1220. The molecule has 0 spiro atoms. The van der Waals surface area contributed by atoms with Crippen LogP contribution in [0.1, 0.15) is 10.4 Å². The summed E-state index contributed by atoms with van der Waals surface area (Å²) in [6.07, 6.45) is 0. The number of hydrogen-bond donors (Lipinski definition) is 1. The monoisotopic (exact) mass is 419 g/mol. The Morgan fingerprint density at radius 3 is 2.48 bits per heavy atom. The molecule has 1 N–H and O–H groups in total. The first-order valence-corrected chi connectivity index (χ1v) is 9.31. The molecule has 7 nitrogen and oxygen atoms in total. The van der Waals surface area contributed by atoms with Gasteiger partial charge in [-0.2, -0.15) is 4.98 Å². The van der Waals surface area contributed by atoms with Crippen LogP contribution in [0.3, 0.4) is 0 Å². The van der Waals surface area contributed by atoms with Gasteiger partial charge in [0.15, 0.2) is 0 Å². The fourth-order valence-corrected chi connectivity index (χ4v) is 2.95. The van der Waals surface area contributed by atoms with Crippen LogP contribution < -0.4 is 14.8 Å². The maximum atomic E-state index is 13.4. The first-order chi connectivity index (χ1) is 15.1. The van der Waals surface area contributed by atoms with E-state index in [9.17, 15) is 9.18 Å². The quantitative estimate of drug-likeness (QED) is 0.483. The van der Waals surface area contributed by atoms with Gasteiger partial charge in [-0.05, 0) is 48.5 Å². The molecule has 1 heterocycles. The van der Waals surface area contributed by atoms with Gasteiger partial charge < -0.3 is 19.3 Å². The van der Waals surface area contributed by atoms with Crippen molar-refractivity contribution in [3.63, 3.8) is 0 Å². The molecule has 0 saturated heterocycles. The first-order valence-electron chi connectivity index (χ1n) is 9.31. The third-order valence-electron chi connectivity index (χ3n) is 4.56. The van der Waals surface area contributed by atoms with E-state index in [0.717, 1.165) is 0 Å². The molecular formula is C23H18FN3O4. The van der Waals surface area contributed by atoms with Gasteiger partial charge in [-0.25, -0.2) is 4.39 Å². The molecule has 0 aliphatic carbocycles. The summed E-state index contributed by atoms with van der Waals surface area (Å²) in [5, 5.41) is 6.71. The van der Waals surface area contributed by atoms with Gasteiger partial charge in [-0.3, -0.25) is 4.79 Å². The number of amides is 1. The van der Waals surface area contributed by atoms with Gasteiger partial charge >= 0.3 is 0 Å². The number of rotatable bonds is 6. The van der Waals surface area contributed by atoms with Gasteiger partial charge in [-0.15, -0.1) is 0 Å². The summed E-state index contributed by atoms with van der Waals surface area (Å²) in [4.78, 5) is 16.9. The molecule has 1 aromatic heterocycles. The largest absolute Gasteiger partial charge is 0.497 e. The number of anilines is 1. The number of ether oxygens (including phenoxy) is 2. The minimum absolute atomic E-state index is 0.267. The summed E-state index contributed by atoms with van der Waals surface area (Å²) in [5.41, 5.74) is 2.11. The number of aromatic nitrogens is 2. The van der Waals surface area contributed by atoms with Crippen LogP contribution in [0.4, 0.5) is 10.1 Å². The van der Waals surface area contributed by atoms with E-state index in [-0.39, 0.29) is 23.4 Å². The second-order valence-corrected chi connectivity index (χ2v) is 6.53. The Morgan fingerprint density at radius 2 is 1.77 bits per heavy atom. The number of benzene rings is 3. The number of carbonyl (C=O) groups excluding carboxylic acids is 1. The van der Waals surface area contributed by atoms with Crippen LogP contribution in [0, 0.1) is 5.82 Å². The van der Waals surface area contributed by atoms with Crippen LogP contribution in [0.15, 0.2) is 71.3 Å². The number of hydrogen-bond acceptors (Lipinski definition) is 6. The lowest BCUT2D eigenvalue weighted by Gasteiger charge is -2.11. The average molecular weight is 419 g/mol. The molecule has 1 amide bonds. The third kappa shape index (κ3) is 4.37. The summed E-state index contributed by atoms with van der Waals surface area (Å²) in [5.74, 6) is 0.969. The lowest BCUT2D eigenvalue weighted by atomic mass is 10.1. The summed E-state index contributed by atoms with van der Waals surface area (Å²) in [6.45, 7) is 0. The van der Waals surface area contributed by atoms with Crippen LogP contribution in [0.5, 0.6) is 11.5 Å². The van der Waals surface area contributed by atoms with Crippen molar-refractivity contribution in [2.24, 2.45) is 0 Å². The van der Waals surface area contributed by atoms with Crippen LogP contribution >= 0.6 is 0 Å². The van der Waals surface area contributed by atoms with E-state index in [1.54, 1.807) is 61.7 Å². The summed E-state index contributed by atoms with van der Waals surface area (Å²) >= 11 is 0. The second kappa shape index (κ2) is 8.66. The predicted molar refractivity (Wildman–Crippen MR) is 113 cm³/mol. The van der Waals surface area contributed by atoms with E-state index in [1.807, 2.05) is 0 Å². The minimum atomic E-state index is -0.382. The molecule has 4 rings (SSSR count). The molecule has 0 unspecified atom stereocenters. The Balaban J connectivity index is 1.50. The SMILES string of the molecule is COc1ccc(NC(=O)c2ccc(-c3nc(-c4cccc(F)c4)no3)cc2)c(OC)c1. The number of nitrogens with zero attached hydrogens (tertiary/aromatic N) is 2. The molecule has 0 aliphatic rings. The topological polar surface area (TPSA) is 86.5 Å². The smallest absolute Gasteiger partial charge is 0.258 e. The number of carbonyl (C=O) groups is 1. The van der Waals surface area contributed by atoms with Gasteiger partial charge in [0.05, 0.1) is 19.9 Å². The molecule has 0 saturated carbocycles. The summed E-state index contributed by atoms with van der Waals surface area (Å²) < 4.78 is 29.1. The molecule has 31 heavy (non-hydrogen) atoms. The predicted octanol–water partition coefficient (Wildman–Crippen LogP) is 4.81. The molecule has 0 atom stereocenters. The number of methoxy groups -OCH3 is 2. The van der Waals surface area contributed by atoms with Gasteiger partial charge in [-0.1, -0.05) is 17.3 Å². The third-order valence-corrected chi connectivity index (χ3v) is 4.56. The van der Waals surface area contributed by atoms with E-state index in [0.29, 0.717) is 33.9 Å². The number of nitrogens with one attached hydrogen (secondary N) is 1.